The largest absolute Gasteiger partial charge is 0.256 e. The Bertz CT molecular complexity index is 3350. The van der Waals surface area contributed by atoms with Gasteiger partial charge in [0, 0.05) is 28.5 Å². The summed E-state index contributed by atoms with van der Waals surface area (Å²) < 4.78 is 0. The number of rotatable bonds is 9. The third-order valence-electron chi connectivity index (χ3n) is 16.4. The van der Waals surface area contributed by atoms with E-state index in [2.05, 4.69) is 265 Å². The summed E-state index contributed by atoms with van der Waals surface area (Å²) in [5.74, 6) is 0.673. The summed E-state index contributed by atoms with van der Waals surface area (Å²) in [6.07, 6.45) is 6.91. The molecule has 0 spiro atoms. The third kappa shape index (κ3) is 11.6. The Kier molecular flexibility index (Phi) is 14.7. The van der Waals surface area contributed by atoms with Gasteiger partial charge in [-0.15, -0.1) is 0 Å². The molecule has 2 nitrogen and oxygen atoms in total. The molecule has 0 amide bonds. The molecule has 0 aliphatic heterocycles. The zero-order valence-electron chi connectivity index (χ0n) is 47.6. The zero-order valence-corrected chi connectivity index (χ0v) is 48.4. The third-order valence-corrected chi connectivity index (χ3v) is 16.7. The van der Waals surface area contributed by atoms with E-state index in [0.29, 0.717) is 0 Å². The number of halogens is 1. The first-order valence-electron chi connectivity index (χ1n) is 28.0. The molecule has 7 aromatic carbocycles. The first-order chi connectivity index (χ1) is 36.6. The average Bonchev–Trinajstić information content (AvgIpc) is 3.42. The van der Waals surface area contributed by atoms with Crippen LogP contribution in [0, 0.1) is 0 Å². The Morgan fingerprint density at radius 1 is 0.312 bits per heavy atom. The van der Waals surface area contributed by atoms with Crippen LogP contribution >= 0.6 is 11.6 Å². The first-order valence-corrected chi connectivity index (χ1v) is 28.3. The van der Waals surface area contributed by atoms with Gasteiger partial charge in [-0.1, -0.05) is 234 Å². The number of aromatic nitrogens is 2. The van der Waals surface area contributed by atoms with Crippen molar-refractivity contribution in [3.8, 4) is 67.0 Å². The van der Waals surface area contributed by atoms with E-state index in [-0.39, 0.29) is 39.4 Å². The predicted molar refractivity (Wildman–Crippen MR) is 329 cm³/mol. The average molecular weight is 1030 g/mol. The van der Waals surface area contributed by atoms with Gasteiger partial charge in [0.2, 0.25) is 0 Å². The standard InChI is InChI=1S/C74H77ClN2/c1-71(2,3)55-29-33-59(66(44-55)62-31-27-50(42-64(62)48-21-15-13-16-22-48)69-46-57(35-37-76-69)73(7,8)9)52-39-53(41-54(40-52)61-25-19-20-26-68(61)75)60-34-30-56(72(4,5)6)45-67(60)63-32-28-51(43-65(63)49-23-17-14-18-24-49)70-47-58(36-38-77-70)74(10,11)12/h13-38,42-47,52-54H,39-41H2,1-12H3. The van der Waals surface area contributed by atoms with E-state index in [0.717, 1.165) is 46.8 Å². The van der Waals surface area contributed by atoms with Crippen molar-refractivity contribution in [2.24, 2.45) is 0 Å². The van der Waals surface area contributed by atoms with Crippen molar-refractivity contribution >= 4 is 11.6 Å². The Morgan fingerprint density at radius 2 is 0.675 bits per heavy atom. The van der Waals surface area contributed by atoms with E-state index in [1.807, 2.05) is 12.4 Å². The molecule has 1 aliphatic rings. The molecule has 1 fully saturated rings. The molecule has 0 N–H and O–H groups in total. The molecule has 0 saturated heterocycles. The highest BCUT2D eigenvalue weighted by molar-refractivity contribution is 6.31. The lowest BCUT2D eigenvalue weighted by atomic mass is 9.66. The molecule has 9 aromatic rings. The normalized spacial score (nSPS) is 16.4. The summed E-state index contributed by atoms with van der Waals surface area (Å²) in [4.78, 5) is 9.93. The molecule has 3 heteroatoms. The van der Waals surface area contributed by atoms with E-state index in [4.69, 9.17) is 21.6 Å². The minimum absolute atomic E-state index is 0.00290. The van der Waals surface area contributed by atoms with Crippen LogP contribution in [0.1, 0.15) is 159 Å². The van der Waals surface area contributed by atoms with Crippen molar-refractivity contribution in [2.45, 2.75) is 142 Å². The maximum Gasteiger partial charge on any atom is 0.0705 e. The molecule has 10 rings (SSSR count). The summed E-state index contributed by atoms with van der Waals surface area (Å²) in [6.45, 7) is 27.6. The molecule has 0 bridgehead atoms. The molecule has 0 radical (unpaired) electrons. The van der Waals surface area contributed by atoms with E-state index in [1.54, 1.807) is 0 Å². The molecule has 390 valence electrons. The van der Waals surface area contributed by atoms with Crippen LogP contribution < -0.4 is 0 Å². The summed E-state index contributed by atoms with van der Waals surface area (Å²) in [5.41, 5.74) is 23.2. The molecular weight excluding hydrogens is 952 g/mol. The van der Waals surface area contributed by atoms with Crippen molar-refractivity contribution in [3.63, 3.8) is 0 Å². The minimum atomic E-state index is -0.0617. The van der Waals surface area contributed by atoms with Gasteiger partial charge in [-0.25, -0.2) is 0 Å². The van der Waals surface area contributed by atoms with Crippen LogP contribution in [0.15, 0.2) is 194 Å². The van der Waals surface area contributed by atoms with E-state index in [1.165, 1.54) is 83.5 Å². The first kappa shape index (κ1) is 53.5. The van der Waals surface area contributed by atoms with Gasteiger partial charge >= 0.3 is 0 Å². The minimum Gasteiger partial charge on any atom is -0.256 e. The summed E-state index contributed by atoms with van der Waals surface area (Å²) >= 11 is 7.31. The number of hydrogen-bond donors (Lipinski definition) is 0. The van der Waals surface area contributed by atoms with E-state index >= 15 is 0 Å². The Labute approximate surface area is 466 Å². The lowest BCUT2D eigenvalue weighted by molar-refractivity contribution is 0.352. The fraction of sp³-hybridized carbons (Fsp3) is 0.297. The highest BCUT2D eigenvalue weighted by atomic mass is 35.5. The Hall–Kier alpha value is -6.87. The molecule has 2 atom stereocenters. The van der Waals surface area contributed by atoms with Crippen LogP contribution in [0.2, 0.25) is 5.02 Å². The molecule has 2 heterocycles. The summed E-state index contributed by atoms with van der Waals surface area (Å²) in [6, 6.07) is 68.4. The number of benzene rings is 7. The highest BCUT2D eigenvalue weighted by Gasteiger charge is 2.36. The van der Waals surface area contributed by atoms with Crippen molar-refractivity contribution in [3.05, 3.63) is 238 Å². The van der Waals surface area contributed by atoms with Gasteiger partial charge < -0.3 is 0 Å². The molecule has 2 unspecified atom stereocenters. The number of pyridine rings is 2. The molecule has 77 heavy (non-hydrogen) atoms. The van der Waals surface area contributed by atoms with Gasteiger partial charge in [0.25, 0.3) is 0 Å². The smallest absolute Gasteiger partial charge is 0.0705 e. The van der Waals surface area contributed by atoms with Gasteiger partial charge in [0.1, 0.15) is 0 Å². The Balaban J connectivity index is 1.17. The quantitative estimate of drug-likeness (QED) is 0.144. The van der Waals surface area contributed by atoms with Crippen LogP contribution in [0.3, 0.4) is 0 Å². The van der Waals surface area contributed by atoms with Gasteiger partial charge in [-0.2, -0.15) is 0 Å². The monoisotopic (exact) mass is 1030 g/mol. The second-order valence-corrected chi connectivity index (χ2v) is 26.4. The van der Waals surface area contributed by atoms with Crippen LogP contribution in [0.4, 0.5) is 0 Å². The number of nitrogens with zero attached hydrogens (tertiary/aromatic N) is 2. The van der Waals surface area contributed by atoms with Crippen LogP contribution in [-0.2, 0) is 21.7 Å². The topological polar surface area (TPSA) is 25.8 Å². The van der Waals surface area contributed by atoms with Crippen molar-refractivity contribution < 1.29 is 0 Å². The summed E-state index contributed by atoms with van der Waals surface area (Å²) in [7, 11) is 0. The predicted octanol–water partition coefficient (Wildman–Crippen LogP) is 21.2. The van der Waals surface area contributed by atoms with Gasteiger partial charge in [-0.3, -0.25) is 9.97 Å². The van der Waals surface area contributed by atoms with Gasteiger partial charge in [0.05, 0.1) is 11.4 Å². The highest BCUT2D eigenvalue weighted by Crippen LogP contribution is 2.54. The second kappa shape index (κ2) is 21.2. The SMILES string of the molecule is CC(C)(C)c1ccnc(-c2ccc(-c3cc(C(C)(C)C)ccc3C3CC(c4ccccc4Cl)CC(c4ccc(C(C)(C)C)cc4-c4ccc(-c5cc(C(C)(C)C)ccn5)cc4-c4ccccc4)C3)c(-c3ccccc3)c2)c1. The second-order valence-electron chi connectivity index (χ2n) is 26.0. The zero-order chi connectivity index (χ0) is 54.4. The van der Waals surface area contributed by atoms with E-state index < -0.39 is 0 Å². The van der Waals surface area contributed by atoms with Crippen molar-refractivity contribution in [2.75, 3.05) is 0 Å². The summed E-state index contributed by atoms with van der Waals surface area (Å²) in [5, 5.41) is 0.848. The lowest BCUT2D eigenvalue weighted by Gasteiger charge is -2.38. The molecule has 1 saturated carbocycles. The van der Waals surface area contributed by atoms with Crippen LogP contribution in [0.5, 0.6) is 0 Å². The van der Waals surface area contributed by atoms with Crippen molar-refractivity contribution in [1.29, 1.82) is 0 Å². The number of hydrogen-bond acceptors (Lipinski definition) is 2. The fourth-order valence-electron chi connectivity index (χ4n) is 11.8. The molecule has 2 aromatic heterocycles. The maximum absolute atomic E-state index is 7.31. The van der Waals surface area contributed by atoms with E-state index in [9.17, 15) is 0 Å². The Morgan fingerprint density at radius 3 is 1.06 bits per heavy atom. The van der Waals surface area contributed by atoms with Crippen molar-refractivity contribution in [1.82, 2.24) is 9.97 Å². The van der Waals surface area contributed by atoms with Crippen LogP contribution in [0.25, 0.3) is 67.0 Å². The lowest BCUT2D eigenvalue weighted by Crippen LogP contribution is -2.22. The molecule has 1 aliphatic carbocycles. The van der Waals surface area contributed by atoms with Gasteiger partial charge in [0.15, 0.2) is 0 Å². The van der Waals surface area contributed by atoms with Crippen LogP contribution in [-0.4, -0.2) is 9.97 Å². The van der Waals surface area contributed by atoms with Gasteiger partial charge in [-0.05, 0) is 185 Å². The maximum atomic E-state index is 7.31. The fourth-order valence-corrected chi connectivity index (χ4v) is 12.1. The molecular formula is C74H77ClN2.